The molecule has 0 aliphatic carbocycles. The predicted octanol–water partition coefficient (Wildman–Crippen LogP) is 1.06. The van der Waals surface area contributed by atoms with Gasteiger partial charge in [0, 0.05) is 12.8 Å². The summed E-state index contributed by atoms with van der Waals surface area (Å²) in [4.78, 5) is 35.2. The van der Waals surface area contributed by atoms with Crippen LogP contribution in [0.5, 0.6) is 5.75 Å². The number of nitrogens with two attached hydrogens (primary N) is 1. The van der Waals surface area contributed by atoms with Crippen LogP contribution in [0.25, 0.3) is 0 Å². The predicted molar refractivity (Wildman–Crippen MR) is 103 cm³/mol. The van der Waals surface area contributed by atoms with Crippen molar-refractivity contribution < 1.29 is 19.1 Å². The molecule has 0 aromatic heterocycles. The monoisotopic (exact) mass is 381 g/mol. The van der Waals surface area contributed by atoms with E-state index in [4.69, 9.17) is 10.5 Å². The van der Waals surface area contributed by atoms with E-state index in [2.05, 4.69) is 10.6 Å². The quantitative estimate of drug-likeness (QED) is 0.635. The number of carbonyl (C=O) groups is 3. The number of carbonyl (C=O) groups excluding carboxylic acids is 3. The summed E-state index contributed by atoms with van der Waals surface area (Å²) < 4.78 is 5.74. The zero-order chi connectivity index (χ0) is 19.9. The summed E-state index contributed by atoms with van der Waals surface area (Å²) in [6, 6.07) is 15.7. The highest BCUT2D eigenvalue weighted by atomic mass is 16.5. The molecule has 0 bridgehead atoms. The normalized spacial score (nSPS) is 16.9. The molecule has 7 heteroatoms. The Kier molecular flexibility index (Phi) is 6.26. The number of benzene rings is 2. The van der Waals surface area contributed by atoms with Crippen molar-refractivity contribution in [2.75, 3.05) is 0 Å². The van der Waals surface area contributed by atoms with Crippen LogP contribution >= 0.6 is 0 Å². The number of primary amides is 1. The molecular formula is C21H23N3O4. The minimum Gasteiger partial charge on any atom is -0.489 e. The van der Waals surface area contributed by atoms with Gasteiger partial charge in [0.2, 0.25) is 17.7 Å². The minimum atomic E-state index is -0.846. The molecule has 0 spiro atoms. The standard InChI is InChI=1S/C21H23N3O4/c22-20(26)18(24-21(27)17-10-11-19(25)23-17)12-14-6-8-16(9-7-14)28-13-15-4-2-1-3-5-15/h1-9,17-18H,10-13H2,(H2,22,26)(H,23,25)(H,24,27)/t17-,18-/m1/s1. The summed E-state index contributed by atoms with van der Waals surface area (Å²) in [6.07, 6.45) is 0.994. The van der Waals surface area contributed by atoms with Gasteiger partial charge in [-0.1, -0.05) is 42.5 Å². The Balaban J connectivity index is 1.55. The zero-order valence-corrected chi connectivity index (χ0v) is 15.4. The molecule has 2 atom stereocenters. The van der Waals surface area contributed by atoms with E-state index in [1.165, 1.54) is 0 Å². The molecule has 2 aromatic rings. The molecule has 1 aliphatic heterocycles. The Hall–Kier alpha value is -3.35. The highest BCUT2D eigenvalue weighted by Gasteiger charge is 2.29. The van der Waals surface area contributed by atoms with Gasteiger partial charge in [-0.05, 0) is 29.7 Å². The number of amides is 3. The van der Waals surface area contributed by atoms with Crippen LogP contribution in [0.3, 0.4) is 0 Å². The lowest BCUT2D eigenvalue weighted by Crippen LogP contribution is -2.51. The van der Waals surface area contributed by atoms with Gasteiger partial charge in [0.1, 0.15) is 24.4 Å². The first-order valence-electron chi connectivity index (χ1n) is 9.16. The van der Waals surface area contributed by atoms with Gasteiger partial charge in [-0.15, -0.1) is 0 Å². The highest BCUT2D eigenvalue weighted by Crippen LogP contribution is 2.16. The van der Waals surface area contributed by atoms with Crippen LogP contribution in [-0.4, -0.2) is 29.8 Å². The Bertz CT molecular complexity index is 836. The van der Waals surface area contributed by atoms with Gasteiger partial charge in [0.25, 0.3) is 0 Å². The van der Waals surface area contributed by atoms with E-state index in [0.717, 1.165) is 11.1 Å². The SMILES string of the molecule is NC(=O)[C@@H](Cc1ccc(OCc2ccccc2)cc1)NC(=O)[C@H]1CCC(=O)N1. The van der Waals surface area contributed by atoms with Crippen molar-refractivity contribution in [3.63, 3.8) is 0 Å². The lowest BCUT2D eigenvalue weighted by atomic mass is 10.0. The van der Waals surface area contributed by atoms with Gasteiger partial charge < -0.3 is 21.1 Å². The average Bonchev–Trinajstić information content (AvgIpc) is 3.14. The molecule has 0 radical (unpaired) electrons. The van der Waals surface area contributed by atoms with Crippen LogP contribution in [-0.2, 0) is 27.4 Å². The number of hydrogen-bond donors (Lipinski definition) is 3. The third kappa shape index (κ3) is 5.33. The van der Waals surface area contributed by atoms with Crippen LogP contribution in [0.1, 0.15) is 24.0 Å². The van der Waals surface area contributed by atoms with Crippen LogP contribution in [0, 0.1) is 0 Å². The van der Waals surface area contributed by atoms with Crippen LogP contribution in [0.4, 0.5) is 0 Å². The van der Waals surface area contributed by atoms with Crippen molar-refractivity contribution in [3.8, 4) is 5.75 Å². The molecule has 28 heavy (non-hydrogen) atoms. The molecule has 146 valence electrons. The van der Waals surface area contributed by atoms with Crippen molar-refractivity contribution in [1.29, 1.82) is 0 Å². The Morgan fingerprint density at radius 1 is 1.11 bits per heavy atom. The molecule has 1 saturated heterocycles. The topological polar surface area (TPSA) is 111 Å². The molecule has 1 aliphatic rings. The second kappa shape index (κ2) is 9.03. The Morgan fingerprint density at radius 3 is 2.43 bits per heavy atom. The zero-order valence-electron chi connectivity index (χ0n) is 15.4. The van der Waals surface area contributed by atoms with Crippen molar-refractivity contribution >= 4 is 17.7 Å². The van der Waals surface area contributed by atoms with E-state index in [9.17, 15) is 14.4 Å². The summed E-state index contributed by atoms with van der Waals surface area (Å²) in [7, 11) is 0. The molecule has 3 amide bonds. The summed E-state index contributed by atoms with van der Waals surface area (Å²) in [5.74, 6) is -0.470. The number of rotatable bonds is 8. The number of hydrogen-bond acceptors (Lipinski definition) is 4. The minimum absolute atomic E-state index is 0.165. The van der Waals surface area contributed by atoms with E-state index < -0.39 is 23.9 Å². The van der Waals surface area contributed by atoms with Gasteiger partial charge in [-0.3, -0.25) is 14.4 Å². The lowest BCUT2D eigenvalue weighted by Gasteiger charge is -2.18. The van der Waals surface area contributed by atoms with E-state index in [-0.39, 0.29) is 12.3 Å². The molecule has 3 rings (SSSR count). The molecular weight excluding hydrogens is 358 g/mol. The summed E-state index contributed by atoms with van der Waals surface area (Å²) in [5.41, 5.74) is 7.35. The Labute approximate surface area is 163 Å². The molecule has 1 fully saturated rings. The second-order valence-corrected chi connectivity index (χ2v) is 6.74. The van der Waals surface area contributed by atoms with Crippen molar-refractivity contribution in [1.82, 2.24) is 10.6 Å². The number of ether oxygens (including phenoxy) is 1. The first-order valence-corrected chi connectivity index (χ1v) is 9.16. The maximum Gasteiger partial charge on any atom is 0.243 e. The third-order valence-corrected chi connectivity index (χ3v) is 4.58. The summed E-state index contributed by atoms with van der Waals surface area (Å²) in [5, 5.41) is 5.21. The first-order chi connectivity index (χ1) is 13.5. The maximum absolute atomic E-state index is 12.2. The molecule has 4 N–H and O–H groups in total. The van der Waals surface area contributed by atoms with Crippen molar-refractivity contribution in [2.24, 2.45) is 5.73 Å². The average molecular weight is 381 g/mol. The summed E-state index contributed by atoms with van der Waals surface area (Å²) in [6.45, 7) is 0.466. The van der Waals surface area contributed by atoms with Crippen LogP contribution < -0.4 is 21.1 Å². The highest BCUT2D eigenvalue weighted by molar-refractivity contribution is 5.93. The first kappa shape index (κ1) is 19.4. The third-order valence-electron chi connectivity index (χ3n) is 4.58. The van der Waals surface area contributed by atoms with Crippen molar-refractivity contribution in [3.05, 3.63) is 65.7 Å². The fourth-order valence-electron chi connectivity index (χ4n) is 3.00. The van der Waals surface area contributed by atoms with Gasteiger partial charge >= 0.3 is 0 Å². The van der Waals surface area contributed by atoms with Gasteiger partial charge in [-0.2, -0.15) is 0 Å². The van der Waals surface area contributed by atoms with Gasteiger partial charge in [0.15, 0.2) is 0 Å². The van der Waals surface area contributed by atoms with E-state index in [1.54, 1.807) is 0 Å². The molecule has 2 aromatic carbocycles. The molecule has 7 nitrogen and oxygen atoms in total. The number of nitrogens with one attached hydrogen (secondary N) is 2. The fraction of sp³-hybridized carbons (Fsp3) is 0.286. The summed E-state index contributed by atoms with van der Waals surface area (Å²) >= 11 is 0. The van der Waals surface area contributed by atoms with Crippen LogP contribution in [0.15, 0.2) is 54.6 Å². The van der Waals surface area contributed by atoms with E-state index >= 15 is 0 Å². The lowest BCUT2D eigenvalue weighted by molar-refractivity contribution is -0.129. The molecule has 1 heterocycles. The van der Waals surface area contributed by atoms with Gasteiger partial charge in [0.05, 0.1) is 0 Å². The van der Waals surface area contributed by atoms with E-state index in [1.807, 2.05) is 54.6 Å². The fourth-order valence-corrected chi connectivity index (χ4v) is 3.00. The van der Waals surface area contributed by atoms with E-state index in [0.29, 0.717) is 25.2 Å². The largest absolute Gasteiger partial charge is 0.489 e. The van der Waals surface area contributed by atoms with Crippen LogP contribution in [0.2, 0.25) is 0 Å². The Morgan fingerprint density at radius 2 is 1.82 bits per heavy atom. The molecule has 0 saturated carbocycles. The van der Waals surface area contributed by atoms with Crippen molar-refractivity contribution in [2.45, 2.75) is 38.0 Å². The maximum atomic E-state index is 12.2. The van der Waals surface area contributed by atoms with Gasteiger partial charge in [-0.25, -0.2) is 0 Å². The second-order valence-electron chi connectivity index (χ2n) is 6.74. The molecule has 0 unspecified atom stereocenters. The smallest absolute Gasteiger partial charge is 0.243 e.